The number of guanidine groups is 1. The first-order valence-electron chi connectivity index (χ1n) is 9.96. The minimum absolute atomic E-state index is 0.0491. The van der Waals surface area contributed by atoms with E-state index >= 15 is 0 Å². The lowest BCUT2D eigenvalue weighted by atomic mass is 9.90. The van der Waals surface area contributed by atoms with Crippen molar-refractivity contribution in [3.05, 3.63) is 28.7 Å². The first kappa shape index (κ1) is 22.2. The fourth-order valence-electron chi connectivity index (χ4n) is 4.24. The number of carbonyl (C=O) groups excluding carboxylic acids is 1. The second kappa shape index (κ2) is 8.35. The normalized spacial score (nSPS) is 24.4. The second-order valence-corrected chi connectivity index (χ2v) is 11.3. The molecule has 1 fully saturated rings. The van der Waals surface area contributed by atoms with E-state index in [0.717, 1.165) is 0 Å². The van der Waals surface area contributed by atoms with Crippen molar-refractivity contribution in [2.45, 2.75) is 50.5 Å². The third kappa shape index (κ3) is 4.51. The van der Waals surface area contributed by atoms with Crippen LogP contribution in [0.1, 0.15) is 40.0 Å². The maximum Gasteiger partial charge on any atom is 0.257 e. The van der Waals surface area contributed by atoms with Gasteiger partial charge in [0.15, 0.2) is 5.96 Å². The van der Waals surface area contributed by atoms with Gasteiger partial charge in [-0.25, -0.2) is 13.4 Å². The third-order valence-corrected chi connectivity index (χ3v) is 8.53. The Morgan fingerprint density at radius 2 is 1.90 bits per heavy atom. The number of piperidine rings is 1. The molecule has 0 bridgehead atoms. The van der Waals surface area contributed by atoms with Crippen molar-refractivity contribution >= 4 is 37.8 Å². The average Bonchev–Trinajstić information content (AvgIpc) is 2.84. The summed E-state index contributed by atoms with van der Waals surface area (Å²) in [7, 11) is -3.54. The van der Waals surface area contributed by atoms with E-state index in [4.69, 9.17) is 5.73 Å². The van der Waals surface area contributed by atoms with Gasteiger partial charge in [0.05, 0.1) is 4.90 Å². The highest BCUT2D eigenvalue weighted by atomic mass is 79.9. The van der Waals surface area contributed by atoms with E-state index in [-0.39, 0.29) is 22.7 Å². The molecule has 2 heterocycles. The van der Waals surface area contributed by atoms with Crippen molar-refractivity contribution in [2.24, 2.45) is 22.6 Å². The Morgan fingerprint density at radius 3 is 2.48 bits per heavy atom. The van der Waals surface area contributed by atoms with Crippen LogP contribution in [0.25, 0.3) is 0 Å². The van der Waals surface area contributed by atoms with E-state index in [9.17, 15) is 13.2 Å². The number of aliphatic imine (C=N–C) groups is 1. The lowest BCUT2D eigenvalue weighted by molar-refractivity contribution is -0.131. The number of hydrogen-bond acceptors (Lipinski definition) is 5. The Balaban J connectivity index is 1.63. The van der Waals surface area contributed by atoms with Crippen molar-refractivity contribution in [3.8, 4) is 0 Å². The molecule has 0 aliphatic carbocycles. The van der Waals surface area contributed by atoms with Crippen LogP contribution in [0, 0.1) is 11.8 Å². The van der Waals surface area contributed by atoms with E-state index in [1.807, 2.05) is 6.92 Å². The Bertz CT molecular complexity index is 910. The zero-order valence-electron chi connectivity index (χ0n) is 17.1. The molecule has 9 heteroatoms. The molecule has 0 radical (unpaired) electrons. The fourth-order valence-corrected chi connectivity index (χ4v) is 6.68. The van der Waals surface area contributed by atoms with Crippen molar-refractivity contribution < 1.29 is 13.2 Å². The third-order valence-electron chi connectivity index (χ3n) is 5.62. The summed E-state index contributed by atoms with van der Waals surface area (Å²) in [5, 5.41) is 0. The molecule has 0 aromatic heterocycles. The summed E-state index contributed by atoms with van der Waals surface area (Å²) in [6.07, 6.45) is 2.02. The molecule has 1 aromatic rings. The van der Waals surface area contributed by atoms with Gasteiger partial charge in [0.1, 0.15) is 5.54 Å². The number of rotatable bonds is 6. The molecule has 1 amide bonds. The summed E-state index contributed by atoms with van der Waals surface area (Å²) in [5.74, 6) is 0.763. The smallest absolute Gasteiger partial charge is 0.257 e. The predicted molar refractivity (Wildman–Crippen MR) is 117 cm³/mol. The van der Waals surface area contributed by atoms with Crippen molar-refractivity contribution in [3.63, 3.8) is 0 Å². The van der Waals surface area contributed by atoms with Gasteiger partial charge in [-0.1, -0.05) is 26.0 Å². The van der Waals surface area contributed by atoms with E-state index in [1.54, 1.807) is 29.2 Å². The molecule has 3 rings (SSSR count). The van der Waals surface area contributed by atoms with Crippen LogP contribution in [0.15, 0.2) is 38.6 Å². The number of halogens is 1. The number of carbonyl (C=O) groups is 1. The summed E-state index contributed by atoms with van der Waals surface area (Å²) < 4.78 is 28.0. The Morgan fingerprint density at radius 1 is 1.28 bits per heavy atom. The second-order valence-electron chi connectivity index (χ2n) is 8.54. The highest BCUT2D eigenvalue weighted by Gasteiger charge is 2.45. The molecule has 0 saturated carbocycles. The SMILES string of the molecule is CC(C)CC1(C)N=C(N)N(CC2CCN(S(=O)(=O)c3ccccc3Br)CC2)C1=O. The quantitative estimate of drug-likeness (QED) is 0.670. The summed E-state index contributed by atoms with van der Waals surface area (Å²) in [6, 6.07) is 6.86. The lowest BCUT2D eigenvalue weighted by Crippen LogP contribution is -2.47. The standard InChI is InChI=1S/C20H29BrN4O3S/c1-14(2)12-20(3)18(26)25(19(22)23-20)13-15-8-10-24(11-9-15)29(27,28)17-7-5-4-6-16(17)21/h4-7,14-15H,8-13H2,1-3H3,(H2,22,23). The summed E-state index contributed by atoms with van der Waals surface area (Å²) in [5.41, 5.74) is 5.28. The first-order chi connectivity index (χ1) is 13.5. The molecule has 29 heavy (non-hydrogen) atoms. The summed E-state index contributed by atoms with van der Waals surface area (Å²) in [6.45, 7) is 7.31. The van der Waals surface area contributed by atoms with Gasteiger partial charge < -0.3 is 5.73 Å². The van der Waals surface area contributed by atoms with Crippen LogP contribution in [-0.2, 0) is 14.8 Å². The van der Waals surface area contributed by atoms with E-state index in [0.29, 0.717) is 49.3 Å². The first-order valence-corrected chi connectivity index (χ1v) is 12.2. The number of nitrogens with zero attached hydrogens (tertiary/aromatic N) is 3. The minimum Gasteiger partial charge on any atom is -0.369 e. The molecular formula is C20H29BrN4O3S. The van der Waals surface area contributed by atoms with Crippen LogP contribution in [0.5, 0.6) is 0 Å². The molecule has 7 nitrogen and oxygen atoms in total. The van der Waals surface area contributed by atoms with Gasteiger partial charge in [0.2, 0.25) is 10.0 Å². The largest absolute Gasteiger partial charge is 0.369 e. The molecule has 2 N–H and O–H groups in total. The van der Waals surface area contributed by atoms with Crippen molar-refractivity contribution in [1.29, 1.82) is 0 Å². The molecule has 1 atom stereocenters. The number of amides is 1. The molecule has 160 valence electrons. The zero-order valence-corrected chi connectivity index (χ0v) is 19.5. The molecular weight excluding hydrogens is 456 g/mol. The number of sulfonamides is 1. The number of benzene rings is 1. The van der Waals surface area contributed by atoms with Gasteiger partial charge >= 0.3 is 0 Å². The topological polar surface area (TPSA) is 96.1 Å². The van der Waals surface area contributed by atoms with Gasteiger partial charge in [-0.15, -0.1) is 0 Å². The number of nitrogens with two attached hydrogens (primary N) is 1. The minimum atomic E-state index is -3.54. The lowest BCUT2D eigenvalue weighted by Gasteiger charge is -2.33. The predicted octanol–water partition coefficient (Wildman–Crippen LogP) is 2.81. The van der Waals surface area contributed by atoms with Crippen LogP contribution in [-0.4, -0.2) is 54.7 Å². The number of hydrogen-bond donors (Lipinski definition) is 1. The zero-order chi connectivity index (χ0) is 21.4. The van der Waals surface area contributed by atoms with Crippen LogP contribution in [0.3, 0.4) is 0 Å². The van der Waals surface area contributed by atoms with Crippen LogP contribution in [0.4, 0.5) is 0 Å². The van der Waals surface area contributed by atoms with Gasteiger partial charge in [0.25, 0.3) is 5.91 Å². The van der Waals surface area contributed by atoms with Gasteiger partial charge in [-0.05, 0) is 66.1 Å². The molecule has 2 aliphatic rings. The molecule has 1 aromatic carbocycles. The molecule has 1 unspecified atom stereocenters. The van der Waals surface area contributed by atoms with Gasteiger partial charge in [0, 0.05) is 24.1 Å². The summed E-state index contributed by atoms with van der Waals surface area (Å²) >= 11 is 3.33. The molecule has 1 saturated heterocycles. The van der Waals surface area contributed by atoms with E-state index < -0.39 is 15.6 Å². The van der Waals surface area contributed by atoms with Gasteiger partial charge in [-0.3, -0.25) is 9.69 Å². The van der Waals surface area contributed by atoms with Crippen LogP contribution < -0.4 is 5.73 Å². The average molecular weight is 485 g/mol. The van der Waals surface area contributed by atoms with Crippen molar-refractivity contribution in [2.75, 3.05) is 19.6 Å². The van der Waals surface area contributed by atoms with Crippen LogP contribution >= 0.6 is 15.9 Å². The molecule has 2 aliphatic heterocycles. The summed E-state index contributed by atoms with van der Waals surface area (Å²) in [4.78, 5) is 19.2. The Kier molecular flexibility index (Phi) is 6.41. The van der Waals surface area contributed by atoms with E-state index in [1.165, 1.54) is 4.31 Å². The highest BCUT2D eigenvalue weighted by molar-refractivity contribution is 9.10. The Hall–Kier alpha value is -1.45. The maximum atomic E-state index is 12.9. The van der Waals surface area contributed by atoms with Gasteiger partial charge in [-0.2, -0.15) is 4.31 Å². The Labute approximate surface area is 181 Å². The maximum absolute atomic E-state index is 12.9. The monoisotopic (exact) mass is 484 g/mol. The van der Waals surface area contributed by atoms with E-state index in [2.05, 4.69) is 34.8 Å². The fraction of sp³-hybridized carbons (Fsp3) is 0.600. The highest BCUT2D eigenvalue weighted by Crippen LogP contribution is 2.32. The van der Waals surface area contributed by atoms with Crippen molar-refractivity contribution in [1.82, 2.24) is 9.21 Å². The molecule has 0 spiro atoms. The van der Waals surface area contributed by atoms with Crippen LogP contribution in [0.2, 0.25) is 0 Å².